The van der Waals surface area contributed by atoms with Crippen LogP contribution in [-0.4, -0.2) is 11.4 Å². The third-order valence-electron chi connectivity index (χ3n) is 4.17. The lowest BCUT2D eigenvalue weighted by Crippen LogP contribution is -2.46. The number of benzene rings is 1. The fraction of sp³-hybridized carbons (Fsp3) is 0.562. The molecule has 0 radical (unpaired) electrons. The van der Waals surface area contributed by atoms with Crippen LogP contribution >= 0.6 is 23.2 Å². The van der Waals surface area contributed by atoms with E-state index in [1.807, 2.05) is 13.0 Å². The number of halogens is 2. The summed E-state index contributed by atoms with van der Waals surface area (Å²) in [5.74, 6) is -0.0158. The van der Waals surface area contributed by atoms with E-state index in [0.717, 1.165) is 31.2 Å². The SMILES string of the molecule is CC(NC(=O)CC1(N)CCCCC1)c1ccc(Cl)cc1Cl. The Morgan fingerprint density at radius 1 is 1.33 bits per heavy atom. The molecule has 0 bridgehead atoms. The van der Waals surface area contributed by atoms with Gasteiger partial charge in [0.2, 0.25) is 5.91 Å². The standard InChI is InChI=1S/C16H22Cl2N2O/c1-11(13-6-5-12(17)9-14(13)18)20-15(21)10-16(19)7-3-2-4-8-16/h5-6,9,11H,2-4,7-8,10,19H2,1H3,(H,20,21). The normalized spacial score (nSPS) is 19.0. The molecule has 0 spiro atoms. The molecule has 1 fully saturated rings. The van der Waals surface area contributed by atoms with Crippen LogP contribution in [0.1, 0.15) is 57.1 Å². The van der Waals surface area contributed by atoms with Crippen LogP contribution in [-0.2, 0) is 4.79 Å². The Bertz CT molecular complexity index is 513. The Hall–Kier alpha value is -0.770. The van der Waals surface area contributed by atoms with Gasteiger partial charge in [-0.3, -0.25) is 4.79 Å². The molecular weight excluding hydrogens is 307 g/mol. The lowest BCUT2D eigenvalue weighted by atomic mass is 9.80. The number of hydrogen-bond acceptors (Lipinski definition) is 2. The maximum absolute atomic E-state index is 12.2. The first-order valence-electron chi connectivity index (χ1n) is 7.43. The molecule has 2 rings (SSSR count). The predicted molar refractivity (Wildman–Crippen MR) is 87.6 cm³/mol. The molecule has 1 aromatic carbocycles. The first-order chi connectivity index (χ1) is 9.89. The summed E-state index contributed by atoms with van der Waals surface area (Å²) in [6.45, 7) is 1.91. The predicted octanol–water partition coefficient (Wildman–Crippen LogP) is 4.22. The summed E-state index contributed by atoms with van der Waals surface area (Å²) in [6.07, 6.45) is 5.68. The number of carbonyl (C=O) groups is 1. The Balaban J connectivity index is 1.95. The first kappa shape index (κ1) is 16.6. The van der Waals surface area contributed by atoms with Crippen LogP contribution in [0, 0.1) is 0 Å². The van der Waals surface area contributed by atoms with Gasteiger partial charge in [-0.15, -0.1) is 0 Å². The van der Waals surface area contributed by atoms with Gasteiger partial charge >= 0.3 is 0 Å². The molecule has 1 atom stereocenters. The largest absolute Gasteiger partial charge is 0.349 e. The molecule has 1 saturated carbocycles. The molecule has 1 aliphatic rings. The molecule has 5 heteroatoms. The molecule has 1 aliphatic carbocycles. The minimum atomic E-state index is -0.341. The highest BCUT2D eigenvalue weighted by molar-refractivity contribution is 6.35. The lowest BCUT2D eigenvalue weighted by Gasteiger charge is -2.33. The first-order valence-corrected chi connectivity index (χ1v) is 8.18. The third kappa shape index (κ3) is 4.60. The van der Waals surface area contributed by atoms with E-state index in [0.29, 0.717) is 16.5 Å². The zero-order chi connectivity index (χ0) is 15.5. The van der Waals surface area contributed by atoms with Crippen molar-refractivity contribution in [3.63, 3.8) is 0 Å². The molecule has 0 aromatic heterocycles. The number of rotatable bonds is 4. The average Bonchev–Trinajstić information content (AvgIpc) is 2.38. The average molecular weight is 329 g/mol. The van der Waals surface area contributed by atoms with Crippen molar-refractivity contribution in [2.24, 2.45) is 5.73 Å². The summed E-state index contributed by atoms with van der Waals surface area (Å²) in [5, 5.41) is 4.14. The van der Waals surface area contributed by atoms with Gasteiger partial charge in [0.15, 0.2) is 0 Å². The van der Waals surface area contributed by atoms with Gasteiger partial charge in [-0.1, -0.05) is 48.5 Å². The van der Waals surface area contributed by atoms with Gasteiger partial charge < -0.3 is 11.1 Å². The van der Waals surface area contributed by atoms with E-state index in [4.69, 9.17) is 28.9 Å². The van der Waals surface area contributed by atoms with E-state index in [-0.39, 0.29) is 17.5 Å². The summed E-state index contributed by atoms with van der Waals surface area (Å²) >= 11 is 12.1. The third-order valence-corrected chi connectivity index (χ3v) is 4.73. The molecular formula is C16H22Cl2N2O. The van der Waals surface area contributed by atoms with E-state index >= 15 is 0 Å². The zero-order valence-electron chi connectivity index (χ0n) is 12.3. The molecule has 0 saturated heterocycles. The van der Waals surface area contributed by atoms with E-state index in [9.17, 15) is 4.79 Å². The second-order valence-electron chi connectivity index (χ2n) is 6.05. The van der Waals surface area contributed by atoms with Crippen LogP contribution in [0.4, 0.5) is 0 Å². The maximum Gasteiger partial charge on any atom is 0.222 e. The molecule has 0 aliphatic heterocycles. The van der Waals surface area contributed by atoms with Crippen molar-refractivity contribution in [3.05, 3.63) is 33.8 Å². The Morgan fingerprint density at radius 2 is 2.00 bits per heavy atom. The fourth-order valence-electron chi connectivity index (χ4n) is 2.98. The van der Waals surface area contributed by atoms with Gasteiger partial charge in [0.25, 0.3) is 0 Å². The number of hydrogen-bond donors (Lipinski definition) is 2. The second-order valence-corrected chi connectivity index (χ2v) is 6.90. The summed E-state index contributed by atoms with van der Waals surface area (Å²) in [4.78, 5) is 12.2. The smallest absolute Gasteiger partial charge is 0.222 e. The maximum atomic E-state index is 12.2. The van der Waals surface area contributed by atoms with Crippen molar-refractivity contribution in [2.75, 3.05) is 0 Å². The quantitative estimate of drug-likeness (QED) is 0.869. The van der Waals surface area contributed by atoms with Gasteiger partial charge in [-0.05, 0) is 37.5 Å². The van der Waals surface area contributed by atoms with Crippen molar-refractivity contribution in [2.45, 2.75) is 57.0 Å². The van der Waals surface area contributed by atoms with Crippen molar-refractivity contribution in [1.29, 1.82) is 0 Å². The molecule has 116 valence electrons. The Morgan fingerprint density at radius 3 is 2.62 bits per heavy atom. The molecule has 1 amide bonds. The number of nitrogens with one attached hydrogen (secondary N) is 1. The second kappa shape index (κ2) is 6.99. The van der Waals surface area contributed by atoms with E-state index in [2.05, 4.69) is 5.32 Å². The number of carbonyl (C=O) groups excluding carboxylic acids is 1. The lowest BCUT2D eigenvalue weighted by molar-refractivity contribution is -0.123. The van der Waals surface area contributed by atoms with Crippen molar-refractivity contribution in [1.82, 2.24) is 5.32 Å². The van der Waals surface area contributed by atoms with Gasteiger partial charge in [-0.25, -0.2) is 0 Å². The van der Waals surface area contributed by atoms with Crippen LogP contribution in [0.3, 0.4) is 0 Å². The summed E-state index contributed by atoms with van der Waals surface area (Å²) < 4.78 is 0. The van der Waals surface area contributed by atoms with Gasteiger partial charge in [0.05, 0.1) is 6.04 Å². The topological polar surface area (TPSA) is 55.1 Å². The highest BCUT2D eigenvalue weighted by Gasteiger charge is 2.30. The fourth-order valence-corrected chi connectivity index (χ4v) is 3.55. The summed E-state index contributed by atoms with van der Waals surface area (Å²) in [7, 11) is 0. The van der Waals surface area contributed by atoms with Crippen molar-refractivity contribution >= 4 is 29.1 Å². The zero-order valence-corrected chi connectivity index (χ0v) is 13.8. The van der Waals surface area contributed by atoms with E-state index in [1.54, 1.807) is 12.1 Å². The van der Waals surface area contributed by atoms with Crippen molar-refractivity contribution < 1.29 is 4.79 Å². The Labute approximate surface area is 136 Å². The van der Waals surface area contributed by atoms with Crippen LogP contribution < -0.4 is 11.1 Å². The van der Waals surface area contributed by atoms with Crippen LogP contribution in [0.25, 0.3) is 0 Å². The molecule has 1 aromatic rings. The van der Waals surface area contributed by atoms with Crippen molar-refractivity contribution in [3.8, 4) is 0 Å². The van der Waals surface area contributed by atoms with Crippen LogP contribution in [0.15, 0.2) is 18.2 Å². The molecule has 3 nitrogen and oxygen atoms in total. The monoisotopic (exact) mass is 328 g/mol. The van der Waals surface area contributed by atoms with Gasteiger partial charge in [0, 0.05) is 22.0 Å². The number of nitrogens with two attached hydrogens (primary N) is 1. The summed E-state index contributed by atoms with van der Waals surface area (Å²) in [5.41, 5.74) is 6.84. The molecule has 3 N–H and O–H groups in total. The van der Waals surface area contributed by atoms with Gasteiger partial charge in [-0.2, -0.15) is 0 Å². The molecule has 0 heterocycles. The molecule has 21 heavy (non-hydrogen) atoms. The van der Waals surface area contributed by atoms with E-state index < -0.39 is 0 Å². The van der Waals surface area contributed by atoms with Crippen LogP contribution in [0.2, 0.25) is 10.0 Å². The Kier molecular flexibility index (Phi) is 5.53. The highest BCUT2D eigenvalue weighted by Crippen LogP contribution is 2.30. The molecule has 1 unspecified atom stereocenters. The van der Waals surface area contributed by atoms with Crippen LogP contribution in [0.5, 0.6) is 0 Å². The minimum absolute atomic E-state index is 0.0158. The number of amides is 1. The summed E-state index contributed by atoms with van der Waals surface area (Å²) in [6, 6.07) is 5.15. The van der Waals surface area contributed by atoms with Gasteiger partial charge in [0.1, 0.15) is 0 Å². The minimum Gasteiger partial charge on any atom is -0.349 e. The highest BCUT2D eigenvalue weighted by atomic mass is 35.5. The van der Waals surface area contributed by atoms with E-state index in [1.165, 1.54) is 6.42 Å².